The van der Waals surface area contributed by atoms with Crippen molar-refractivity contribution >= 4 is 66.7 Å². The van der Waals surface area contributed by atoms with Crippen molar-refractivity contribution in [2.75, 3.05) is 18.0 Å². The van der Waals surface area contributed by atoms with Crippen LogP contribution in [0.15, 0.2) is 70.0 Å². The van der Waals surface area contributed by atoms with Crippen LogP contribution in [0.3, 0.4) is 0 Å². The number of rotatable bonds is 11. The van der Waals surface area contributed by atoms with Crippen molar-refractivity contribution in [1.29, 1.82) is 0 Å². The highest BCUT2D eigenvalue weighted by Gasteiger charge is 2.33. The molecule has 0 spiro atoms. The number of carbonyl (C=O) groups excluding carboxylic acids is 2. The summed E-state index contributed by atoms with van der Waals surface area (Å²) in [5, 5.41) is 3.77. The molecule has 44 heavy (non-hydrogen) atoms. The van der Waals surface area contributed by atoms with Gasteiger partial charge in [0.2, 0.25) is 11.8 Å². The monoisotopic (exact) mass is 723 g/mol. The molecule has 0 aliphatic heterocycles. The second-order valence-corrected chi connectivity index (χ2v) is 14.5. The molecule has 3 aromatic carbocycles. The molecule has 3 aromatic rings. The van der Waals surface area contributed by atoms with Crippen LogP contribution in [0.2, 0.25) is 10.0 Å². The number of benzene rings is 3. The number of ether oxygens (including phenoxy) is 1. The van der Waals surface area contributed by atoms with Crippen LogP contribution in [0.4, 0.5) is 5.69 Å². The van der Waals surface area contributed by atoms with Gasteiger partial charge in [-0.25, -0.2) is 8.42 Å². The van der Waals surface area contributed by atoms with Crippen molar-refractivity contribution in [1.82, 2.24) is 10.2 Å². The Labute approximate surface area is 277 Å². The van der Waals surface area contributed by atoms with Gasteiger partial charge in [-0.15, -0.1) is 0 Å². The molecule has 0 radical (unpaired) electrons. The minimum atomic E-state index is -4.24. The van der Waals surface area contributed by atoms with Crippen molar-refractivity contribution in [3.8, 4) is 5.75 Å². The lowest BCUT2D eigenvalue weighted by molar-refractivity contribution is -0.139. The Morgan fingerprint density at radius 1 is 1.00 bits per heavy atom. The minimum absolute atomic E-state index is 0.0187. The second-order valence-electron chi connectivity index (χ2n) is 10.9. The van der Waals surface area contributed by atoms with E-state index in [2.05, 4.69) is 21.2 Å². The quantitative estimate of drug-likeness (QED) is 0.227. The molecule has 1 saturated carbocycles. The maximum atomic E-state index is 14.2. The van der Waals surface area contributed by atoms with Crippen LogP contribution in [0.5, 0.6) is 5.75 Å². The average Bonchev–Trinajstić information content (AvgIpc) is 3.00. The maximum absolute atomic E-state index is 14.2. The molecule has 0 aromatic heterocycles. The Morgan fingerprint density at radius 3 is 2.30 bits per heavy atom. The van der Waals surface area contributed by atoms with E-state index in [-0.39, 0.29) is 23.4 Å². The largest absolute Gasteiger partial charge is 0.496 e. The lowest BCUT2D eigenvalue weighted by Crippen LogP contribution is -2.53. The summed E-state index contributed by atoms with van der Waals surface area (Å²) in [6.45, 7) is 3.01. The number of nitrogens with one attached hydrogen (secondary N) is 1. The molecular weight excluding hydrogens is 689 g/mol. The van der Waals surface area contributed by atoms with Gasteiger partial charge in [-0.05, 0) is 90.6 Å². The van der Waals surface area contributed by atoms with Gasteiger partial charge in [0.1, 0.15) is 18.3 Å². The van der Waals surface area contributed by atoms with Crippen LogP contribution in [0, 0.1) is 6.92 Å². The predicted molar refractivity (Wildman–Crippen MR) is 178 cm³/mol. The zero-order valence-corrected chi connectivity index (χ0v) is 28.8. The molecule has 2 amide bonds. The molecule has 1 aliphatic carbocycles. The fourth-order valence-electron chi connectivity index (χ4n) is 5.16. The average molecular weight is 726 g/mol. The van der Waals surface area contributed by atoms with E-state index in [4.69, 9.17) is 27.9 Å². The Kier molecular flexibility index (Phi) is 11.6. The van der Waals surface area contributed by atoms with Gasteiger partial charge in [-0.2, -0.15) is 0 Å². The molecule has 0 heterocycles. The summed E-state index contributed by atoms with van der Waals surface area (Å²) in [5.74, 6) is -0.388. The fourth-order valence-corrected chi connectivity index (χ4v) is 7.61. The summed E-state index contributed by atoms with van der Waals surface area (Å²) < 4.78 is 35.0. The SMILES string of the molecule is COc1ccc(S(=O)(=O)N(CC(=O)N(Cc2ccc(Cl)c(Cl)c2)[C@H](C)C(=O)NC2CCCCC2)c2ccc(C)cc2)cc1Br. The van der Waals surface area contributed by atoms with Gasteiger partial charge in [-0.3, -0.25) is 13.9 Å². The highest BCUT2D eigenvalue weighted by Crippen LogP contribution is 2.31. The fraction of sp³-hybridized carbons (Fsp3) is 0.375. The van der Waals surface area contributed by atoms with Gasteiger partial charge < -0.3 is 15.0 Å². The molecule has 1 fully saturated rings. The first-order chi connectivity index (χ1) is 20.9. The van der Waals surface area contributed by atoms with Crippen LogP contribution in [0.25, 0.3) is 0 Å². The second kappa shape index (κ2) is 15.0. The Balaban J connectivity index is 1.70. The standard InChI is InChI=1S/C32H36BrCl2N3O5S/c1-21-9-12-25(13-10-21)38(44(41,42)26-14-16-30(43-3)27(33)18-26)20-31(39)37(19-23-11-15-28(34)29(35)17-23)22(2)32(40)36-24-7-5-4-6-8-24/h9-18,22,24H,4-8,19-20H2,1-3H3,(H,36,40)/t22-/m1/s1. The van der Waals surface area contributed by atoms with Crippen LogP contribution < -0.4 is 14.4 Å². The first kappa shape index (κ1) is 34.1. The summed E-state index contributed by atoms with van der Waals surface area (Å²) in [5.41, 5.74) is 1.89. The third kappa shape index (κ3) is 8.27. The molecular formula is C32H36BrCl2N3O5S. The number of hydrogen-bond acceptors (Lipinski definition) is 5. The predicted octanol–water partition coefficient (Wildman–Crippen LogP) is 7.13. The first-order valence-electron chi connectivity index (χ1n) is 14.4. The number of aryl methyl sites for hydroxylation is 1. The van der Waals surface area contributed by atoms with Gasteiger partial charge in [0.15, 0.2) is 0 Å². The summed E-state index contributed by atoms with van der Waals surface area (Å²) in [7, 11) is -2.75. The van der Waals surface area contributed by atoms with E-state index in [1.165, 1.54) is 24.1 Å². The van der Waals surface area contributed by atoms with E-state index in [1.807, 2.05) is 6.92 Å². The topological polar surface area (TPSA) is 96.0 Å². The number of nitrogens with zero attached hydrogens (tertiary/aromatic N) is 2. The van der Waals surface area contributed by atoms with E-state index in [0.29, 0.717) is 31.5 Å². The van der Waals surface area contributed by atoms with Crippen LogP contribution in [-0.2, 0) is 26.2 Å². The third-order valence-corrected chi connectivity index (χ3v) is 10.9. The van der Waals surface area contributed by atoms with Gasteiger partial charge >= 0.3 is 0 Å². The summed E-state index contributed by atoms with van der Waals surface area (Å²) in [6.07, 6.45) is 4.98. The van der Waals surface area contributed by atoms with Crippen molar-refractivity contribution in [2.45, 2.75) is 69.5 Å². The zero-order chi connectivity index (χ0) is 32.0. The van der Waals surface area contributed by atoms with Crippen molar-refractivity contribution < 1.29 is 22.7 Å². The van der Waals surface area contributed by atoms with E-state index in [0.717, 1.165) is 42.0 Å². The summed E-state index contributed by atoms with van der Waals surface area (Å²) >= 11 is 15.8. The first-order valence-corrected chi connectivity index (χ1v) is 17.4. The van der Waals surface area contributed by atoms with Gasteiger partial charge in [0.25, 0.3) is 10.0 Å². The zero-order valence-electron chi connectivity index (χ0n) is 24.9. The van der Waals surface area contributed by atoms with E-state index in [9.17, 15) is 18.0 Å². The lowest BCUT2D eigenvalue weighted by Gasteiger charge is -2.33. The molecule has 8 nitrogen and oxygen atoms in total. The third-order valence-electron chi connectivity index (χ3n) is 7.77. The van der Waals surface area contributed by atoms with Crippen molar-refractivity contribution in [2.24, 2.45) is 0 Å². The molecule has 1 aliphatic rings. The normalized spacial score (nSPS) is 14.5. The van der Waals surface area contributed by atoms with Gasteiger partial charge in [-0.1, -0.05) is 66.2 Å². The molecule has 1 atom stereocenters. The van der Waals surface area contributed by atoms with Crippen LogP contribution >= 0.6 is 39.1 Å². The minimum Gasteiger partial charge on any atom is -0.496 e. The Hall–Kier alpha value is -2.79. The Bertz CT molecular complexity index is 1600. The van der Waals surface area contributed by atoms with Crippen molar-refractivity contribution in [3.63, 3.8) is 0 Å². The number of anilines is 1. The number of amides is 2. The van der Waals surface area contributed by atoms with E-state index < -0.39 is 28.5 Å². The summed E-state index contributed by atoms with van der Waals surface area (Å²) in [6, 6.07) is 15.4. The highest BCUT2D eigenvalue weighted by atomic mass is 79.9. The number of halogens is 3. The highest BCUT2D eigenvalue weighted by molar-refractivity contribution is 9.10. The lowest BCUT2D eigenvalue weighted by atomic mass is 9.95. The van der Waals surface area contributed by atoms with E-state index >= 15 is 0 Å². The Morgan fingerprint density at radius 2 is 1.68 bits per heavy atom. The van der Waals surface area contributed by atoms with Gasteiger partial charge in [0.05, 0.1) is 32.2 Å². The van der Waals surface area contributed by atoms with Crippen LogP contribution in [0.1, 0.15) is 50.2 Å². The number of hydrogen-bond donors (Lipinski definition) is 1. The molecule has 12 heteroatoms. The molecule has 1 N–H and O–H groups in total. The smallest absolute Gasteiger partial charge is 0.264 e. The number of methoxy groups -OCH3 is 1. The number of carbonyl (C=O) groups is 2. The van der Waals surface area contributed by atoms with E-state index in [1.54, 1.807) is 55.5 Å². The summed E-state index contributed by atoms with van der Waals surface area (Å²) in [4.78, 5) is 29.0. The number of sulfonamides is 1. The molecule has 236 valence electrons. The molecule has 0 bridgehead atoms. The molecule has 4 rings (SSSR count). The van der Waals surface area contributed by atoms with Gasteiger partial charge in [0, 0.05) is 12.6 Å². The van der Waals surface area contributed by atoms with Crippen LogP contribution in [-0.4, -0.2) is 50.9 Å². The molecule has 0 unspecified atom stereocenters. The molecule has 0 saturated heterocycles. The van der Waals surface area contributed by atoms with Crippen molar-refractivity contribution in [3.05, 3.63) is 86.3 Å². The maximum Gasteiger partial charge on any atom is 0.264 e.